The fourth-order valence-electron chi connectivity index (χ4n) is 2.92. The van der Waals surface area contributed by atoms with Crippen LogP contribution in [-0.2, 0) is 17.8 Å². The van der Waals surface area contributed by atoms with Crippen molar-refractivity contribution in [2.24, 2.45) is 0 Å². The molecule has 4 rings (SSSR count). The van der Waals surface area contributed by atoms with Gasteiger partial charge in [0.15, 0.2) is 0 Å². The van der Waals surface area contributed by atoms with Gasteiger partial charge in [0.2, 0.25) is 5.91 Å². The third kappa shape index (κ3) is 3.49. The smallest absolute Gasteiger partial charge is 0.224 e. The van der Waals surface area contributed by atoms with Gasteiger partial charge in [-0.05, 0) is 39.4 Å². The molecule has 0 aliphatic rings. The lowest BCUT2D eigenvalue weighted by molar-refractivity contribution is -0.120. The van der Waals surface area contributed by atoms with Crippen molar-refractivity contribution in [1.29, 1.82) is 0 Å². The van der Waals surface area contributed by atoms with Crippen LogP contribution < -0.4 is 5.32 Å². The molecule has 0 unspecified atom stereocenters. The Morgan fingerprint density at radius 2 is 1.92 bits per heavy atom. The number of hydrogen-bond acceptors (Lipinski definition) is 3. The maximum absolute atomic E-state index is 12.3. The summed E-state index contributed by atoms with van der Waals surface area (Å²) < 4.78 is 5.11. The number of hydrogen-bond donors (Lipinski definition) is 1. The first kappa shape index (κ1) is 15.7. The van der Waals surface area contributed by atoms with Crippen molar-refractivity contribution < 1.29 is 9.21 Å². The molecular weight excluding hydrogens is 330 g/mol. The summed E-state index contributed by atoms with van der Waals surface area (Å²) in [5.41, 5.74) is 3.24. The second kappa shape index (κ2) is 6.95. The van der Waals surface area contributed by atoms with Crippen molar-refractivity contribution in [1.82, 2.24) is 5.32 Å². The Hall–Kier alpha value is -2.85. The van der Waals surface area contributed by atoms with Crippen molar-refractivity contribution in [3.05, 3.63) is 82.9 Å². The summed E-state index contributed by atoms with van der Waals surface area (Å²) >= 11 is 1.64. The van der Waals surface area contributed by atoms with E-state index in [1.165, 1.54) is 0 Å². The summed E-state index contributed by atoms with van der Waals surface area (Å²) in [5.74, 6) is 0.0367. The summed E-state index contributed by atoms with van der Waals surface area (Å²) in [6.07, 6.45) is 3.78. The maximum Gasteiger partial charge on any atom is 0.224 e. The average Bonchev–Trinajstić information content (AvgIpc) is 3.32. The molecule has 2 aromatic heterocycles. The first-order valence-electron chi connectivity index (χ1n) is 8.13. The van der Waals surface area contributed by atoms with Crippen LogP contribution in [0.25, 0.3) is 21.9 Å². The highest BCUT2D eigenvalue weighted by molar-refractivity contribution is 7.10. The van der Waals surface area contributed by atoms with Gasteiger partial charge in [0.1, 0.15) is 0 Å². The molecular formula is C21H17NO2S. The molecule has 0 aliphatic heterocycles. The van der Waals surface area contributed by atoms with Crippen LogP contribution in [0.1, 0.15) is 10.4 Å². The van der Waals surface area contributed by atoms with Gasteiger partial charge in [0.05, 0.1) is 25.5 Å². The fraction of sp³-hybridized carbons (Fsp3) is 0.0952. The third-order valence-corrected chi connectivity index (χ3v) is 5.14. The minimum atomic E-state index is 0.0367. The van der Waals surface area contributed by atoms with Gasteiger partial charge in [-0.3, -0.25) is 4.79 Å². The summed E-state index contributed by atoms with van der Waals surface area (Å²) in [4.78, 5) is 13.5. The highest BCUT2D eigenvalue weighted by atomic mass is 32.1. The molecule has 3 nitrogen and oxygen atoms in total. The first-order valence-corrected chi connectivity index (χ1v) is 9.01. The molecule has 2 aromatic carbocycles. The quantitative estimate of drug-likeness (QED) is 0.551. The van der Waals surface area contributed by atoms with Crippen molar-refractivity contribution in [2.75, 3.05) is 0 Å². The van der Waals surface area contributed by atoms with E-state index in [0.29, 0.717) is 13.0 Å². The van der Waals surface area contributed by atoms with Crippen molar-refractivity contribution in [3.63, 3.8) is 0 Å². The molecule has 4 aromatic rings. The predicted octanol–water partition coefficient (Wildman–Crippen LogP) is 5.02. The minimum Gasteiger partial charge on any atom is -0.472 e. The van der Waals surface area contributed by atoms with Crippen LogP contribution in [0.15, 0.2) is 76.9 Å². The number of benzene rings is 2. The summed E-state index contributed by atoms with van der Waals surface area (Å²) in [5, 5.41) is 7.40. The average molecular weight is 347 g/mol. The molecule has 0 spiro atoms. The zero-order valence-electron chi connectivity index (χ0n) is 13.6. The molecule has 1 amide bonds. The number of thiophene rings is 1. The van der Waals surface area contributed by atoms with Crippen LogP contribution >= 0.6 is 11.3 Å². The van der Waals surface area contributed by atoms with Crippen LogP contribution in [0.5, 0.6) is 0 Å². The van der Waals surface area contributed by atoms with Crippen molar-refractivity contribution in [2.45, 2.75) is 13.0 Å². The molecule has 0 fully saturated rings. The normalized spacial score (nSPS) is 10.9. The van der Waals surface area contributed by atoms with E-state index in [2.05, 4.69) is 35.0 Å². The Bertz CT molecular complexity index is 996. The summed E-state index contributed by atoms with van der Waals surface area (Å²) in [7, 11) is 0. The molecule has 0 saturated heterocycles. The Morgan fingerprint density at radius 3 is 2.80 bits per heavy atom. The number of nitrogens with one attached hydrogen (secondary N) is 1. The SMILES string of the molecule is O=C(Cc1cccc2ccccc12)NCc1cc(-c2ccoc2)cs1. The maximum atomic E-state index is 12.3. The first-order chi connectivity index (χ1) is 12.3. The summed E-state index contributed by atoms with van der Waals surface area (Å²) in [6.45, 7) is 0.548. The van der Waals surface area contributed by atoms with Crippen LogP contribution in [0.2, 0.25) is 0 Å². The highest BCUT2D eigenvalue weighted by Crippen LogP contribution is 2.26. The molecule has 0 radical (unpaired) electrons. The number of fused-ring (bicyclic) bond motifs is 1. The Morgan fingerprint density at radius 1 is 1.04 bits per heavy atom. The van der Waals surface area contributed by atoms with Crippen molar-refractivity contribution >= 4 is 28.0 Å². The zero-order valence-corrected chi connectivity index (χ0v) is 14.4. The Balaban J connectivity index is 1.41. The lowest BCUT2D eigenvalue weighted by Gasteiger charge is -2.07. The molecule has 4 heteroatoms. The second-order valence-electron chi connectivity index (χ2n) is 5.91. The minimum absolute atomic E-state index is 0.0367. The number of furan rings is 1. The zero-order chi connectivity index (χ0) is 17.1. The van der Waals surface area contributed by atoms with Crippen molar-refractivity contribution in [3.8, 4) is 11.1 Å². The van der Waals surface area contributed by atoms with E-state index in [9.17, 15) is 4.79 Å². The standard InChI is InChI=1S/C21H17NO2S/c23-21(11-16-6-3-5-15-4-1-2-7-20(15)16)22-12-19-10-18(14-25-19)17-8-9-24-13-17/h1-10,13-14H,11-12H2,(H,22,23). The van der Waals surface area contributed by atoms with Crippen LogP contribution in [0.4, 0.5) is 0 Å². The number of amides is 1. The van der Waals surface area contributed by atoms with Gasteiger partial charge in [0, 0.05) is 10.4 Å². The molecule has 25 heavy (non-hydrogen) atoms. The van der Waals surface area contributed by atoms with E-state index >= 15 is 0 Å². The fourth-order valence-corrected chi connectivity index (χ4v) is 3.75. The van der Waals surface area contributed by atoms with E-state index in [1.54, 1.807) is 23.9 Å². The van der Waals surface area contributed by atoms with Gasteiger partial charge in [0.25, 0.3) is 0 Å². The van der Waals surface area contributed by atoms with Gasteiger partial charge in [-0.25, -0.2) is 0 Å². The molecule has 124 valence electrons. The highest BCUT2D eigenvalue weighted by Gasteiger charge is 2.08. The number of rotatable bonds is 5. The molecule has 1 N–H and O–H groups in total. The second-order valence-corrected chi connectivity index (χ2v) is 6.90. The van der Waals surface area contributed by atoms with Gasteiger partial charge in [-0.15, -0.1) is 11.3 Å². The number of carbonyl (C=O) groups excluding carboxylic acids is 1. The Kier molecular flexibility index (Phi) is 4.36. The monoisotopic (exact) mass is 347 g/mol. The van der Waals surface area contributed by atoms with Crippen LogP contribution in [-0.4, -0.2) is 5.91 Å². The van der Waals surface area contributed by atoms with Gasteiger partial charge in [-0.2, -0.15) is 0 Å². The molecule has 0 saturated carbocycles. The number of carbonyl (C=O) groups is 1. The van der Waals surface area contributed by atoms with E-state index in [-0.39, 0.29) is 5.91 Å². The molecule has 0 bridgehead atoms. The molecule has 2 heterocycles. The van der Waals surface area contributed by atoms with E-state index in [0.717, 1.165) is 32.3 Å². The molecule has 0 aliphatic carbocycles. The molecule has 0 atom stereocenters. The third-order valence-electron chi connectivity index (χ3n) is 4.20. The van der Waals surface area contributed by atoms with Gasteiger partial charge < -0.3 is 9.73 Å². The van der Waals surface area contributed by atoms with E-state index in [4.69, 9.17) is 4.42 Å². The largest absolute Gasteiger partial charge is 0.472 e. The topological polar surface area (TPSA) is 42.2 Å². The van der Waals surface area contributed by atoms with Crippen LogP contribution in [0, 0.1) is 0 Å². The van der Waals surface area contributed by atoms with Crippen LogP contribution in [0.3, 0.4) is 0 Å². The van der Waals surface area contributed by atoms with Gasteiger partial charge >= 0.3 is 0 Å². The summed E-state index contributed by atoms with van der Waals surface area (Å²) in [6, 6.07) is 18.3. The van der Waals surface area contributed by atoms with Gasteiger partial charge in [-0.1, -0.05) is 42.5 Å². The van der Waals surface area contributed by atoms with E-state index in [1.807, 2.05) is 30.3 Å². The Labute approximate surface area is 149 Å². The lowest BCUT2D eigenvalue weighted by Crippen LogP contribution is -2.24. The van der Waals surface area contributed by atoms with E-state index < -0.39 is 0 Å². The predicted molar refractivity (Wildman–Crippen MR) is 102 cm³/mol. The lowest BCUT2D eigenvalue weighted by atomic mass is 10.0.